The number of rotatable bonds is 0. The quantitative estimate of drug-likeness (QED) is 0.490. The third-order valence-electron chi connectivity index (χ3n) is 3.81. The van der Waals surface area contributed by atoms with E-state index in [1.54, 1.807) is 0 Å². The Morgan fingerprint density at radius 3 is 2.23 bits per heavy atom. The summed E-state index contributed by atoms with van der Waals surface area (Å²) in [5.41, 5.74) is 0. The van der Waals surface area contributed by atoms with E-state index in [0.717, 1.165) is 18.4 Å². The van der Waals surface area contributed by atoms with E-state index in [1.165, 1.54) is 31.8 Å². The first-order chi connectivity index (χ1) is 5.70. The SMILES string of the molecule is CC1CC(C)C[B-]2(CCCO2)C1.[Na+]. The molecule has 2 heterocycles. The Morgan fingerprint density at radius 1 is 1.15 bits per heavy atom. The van der Waals surface area contributed by atoms with Crippen molar-refractivity contribution in [3.8, 4) is 0 Å². The molecule has 2 atom stereocenters. The standard InChI is InChI=1S/C10H20BO.Na/c1-9-6-10(2)8-11(7-9)4-3-5-12-11;/h9-10H,3-8H2,1-2H3;/q-1;+1. The van der Waals surface area contributed by atoms with Gasteiger partial charge in [-0.3, -0.25) is 0 Å². The Balaban J connectivity index is 0.000000845. The van der Waals surface area contributed by atoms with Gasteiger partial charge in [0.25, 0.3) is 0 Å². The molecule has 2 fully saturated rings. The third kappa shape index (κ3) is 2.74. The smallest absolute Gasteiger partial charge is 0.590 e. The van der Waals surface area contributed by atoms with E-state index in [1.807, 2.05) is 0 Å². The fourth-order valence-corrected chi connectivity index (χ4v) is 3.69. The minimum atomic E-state index is -0.341. The van der Waals surface area contributed by atoms with E-state index in [0.29, 0.717) is 0 Å². The van der Waals surface area contributed by atoms with Gasteiger partial charge in [0.2, 0.25) is 0 Å². The van der Waals surface area contributed by atoms with Crippen molar-refractivity contribution in [2.24, 2.45) is 11.8 Å². The van der Waals surface area contributed by atoms with Crippen LogP contribution in [0.5, 0.6) is 0 Å². The van der Waals surface area contributed by atoms with Crippen LogP contribution in [-0.4, -0.2) is 13.0 Å². The predicted octanol–water partition coefficient (Wildman–Crippen LogP) is 0.0321. The van der Waals surface area contributed by atoms with Gasteiger partial charge in [-0.2, -0.15) is 19.0 Å². The maximum Gasteiger partial charge on any atom is 1.00 e. The van der Waals surface area contributed by atoms with Gasteiger partial charge in [0.1, 0.15) is 6.35 Å². The maximum atomic E-state index is 5.98. The van der Waals surface area contributed by atoms with Crippen molar-refractivity contribution in [2.75, 3.05) is 6.61 Å². The summed E-state index contributed by atoms with van der Waals surface area (Å²) < 4.78 is 5.98. The molecule has 0 bridgehead atoms. The molecule has 0 radical (unpaired) electrons. The monoisotopic (exact) mass is 190 g/mol. The average molecular weight is 190 g/mol. The summed E-state index contributed by atoms with van der Waals surface area (Å²) in [7, 11) is 0. The molecule has 1 spiro atoms. The third-order valence-corrected chi connectivity index (χ3v) is 3.81. The van der Waals surface area contributed by atoms with Gasteiger partial charge in [-0.05, 0) is 6.61 Å². The molecule has 0 amide bonds. The van der Waals surface area contributed by atoms with Crippen LogP contribution in [0, 0.1) is 11.8 Å². The van der Waals surface area contributed by atoms with Crippen molar-refractivity contribution in [1.82, 2.24) is 0 Å². The van der Waals surface area contributed by atoms with Gasteiger partial charge >= 0.3 is 29.6 Å². The Labute approximate surface area is 104 Å². The van der Waals surface area contributed by atoms with Gasteiger partial charge in [-0.1, -0.05) is 38.5 Å². The second-order valence-corrected chi connectivity index (χ2v) is 5.30. The van der Waals surface area contributed by atoms with E-state index >= 15 is 0 Å². The molecule has 70 valence electrons. The molecule has 0 aromatic heterocycles. The molecule has 0 saturated carbocycles. The molecule has 2 rings (SSSR count). The van der Waals surface area contributed by atoms with Crippen LogP contribution in [0.2, 0.25) is 19.0 Å². The summed E-state index contributed by atoms with van der Waals surface area (Å²) in [4.78, 5) is 0. The minimum absolute atomic E-state index is 0. The second-order valence-electron chi connectivity index (χ2n) is 5.30. The molecular weight excluding hydrogens is 170 g/mol. The zero-order valence-corrected chi connectivity index (χ0v) is 11.4. The summed E-state index contributed by atoms with van der Waals surface area (Å²) >= 11 is 0. The normalized spacial score (nSPS) is 44.8. The van der Waals surface area contributed by atoms with E-state index in [2.05, 4.69) is 13.8 Å². The fourth-order valence-electron chi connectivity index (χ4n) is 3.69. The Kier molecular flexibility index (Phi) is 4.37. The van der Waals surface area contributed by atoms with Crippen LogP contribution in [0.4, 0.5) is 0 Å². The van der Waals surface area contributed by atoms with Crippen LogP contribution < -0.4 is 29.6 Å². The van der Waals surface area contributed by atoms with Crippen LogP contribution >= 0.6 is 0 Å². The molecule has 2 unspecified atom stereocenters. The van der Waals surface area contributed by atoms with E-state index in [-0.39, 0.29) is 35.9 Å². The van der Waals surface area contributed by atoms with Gasteiger partial charge in [0, 0.05) is 0 Å². The Hall–Kier alpha value is 1.02. The first kappa shape index (κ1) is 12.1. The first-order valence-corrected chi connectivity index (χ1v) is 5.54. The van der Waals surface area contributed by atoms with Gasteiger partial charge in [-0.15, -0.1) is 0 Å². The predicted molar refractivity (Wildman–Crippen MR) is 53.7 cm³/mol. The van der Waals surface area contributed by atoms with E-state index in [4.69, 9.17) is 4.65 Å². The molecule has 0 aliphatic carbocycles. The van der Waals surface area contributed by atoms with Crippen LogP contribution in [0.3, 0.4) is 0 Å². The maximum absolute atomic E-state index is 5.98. The van der Waals surface area contributed by atoms with Crippen molar-refractivity contribution >= 4 is 6.35 Å². The van der Waals surface area contributed by atoms with E-state index in [9.17, 15) is 0 Å². The van der Waals surface area contributed by atoms with E-state index < -0.39 is 0 Å². The summed E-state index contributed by atoms with van der Waals surface area (Å²) in [6.07, 6.45) is 6.54. The van der Waals surface area contributed by atoms with Crippen molar-refractivity contribution in [3.63, 3.8) is 0 Å². The molecule has 3 heteroatoms. The summed E-state index contributed by atoms with van der Waals surface area (Å²) in [5.74, 6) is 1.82. The molecule has 0 aromatic carbocycles. The molecule has 0 aromatic rings. The second kappa shape index (κ2) is 4.70. The molecule has 13 heavy (non-hydrogen) atoms. The van der Waals surface area contributed by atoms with Crippen LogP contribution in [0.1, 0.15) is 26.7 Å². The van der Waals surface area contributed by atoms with Crippen LogP contribution in [0.15, 0.2) is 0 Å². The summed E-state index contributed by atoms with van der Waals surface area (Å²) in [5, 5.41) is 0. The fraction of sp³-hybridized carbons (Fsp3) is 1.00. The van der Waals surface area contributed by atoms with Crippen LogP contribution in [0.25, 0.3) is 0 Å². The molecule has 2 aliphatic rings. The molecular formula is C10H20BNaO. The van der Waals surface area contributed by atoms with Crippen molar-refractivity contribution in [2.45, 2.75) is 45.6 Å². The van der Waals surface area contributed by atoms with Gasteiger partial charge in [0.05, 0.1) is 0 Å². The van der Waals surface area contributed by atoms with Crippen molar-refractivity contribution in [3.05, 3.63) is 0 Å². The zero-order valence-electron chi connectivity index (χ0n) is 9.38. The molecule has 2 saturated heterocycles. The zero-order chi connectivity index (χ0) is 8.60. The summed E-state index contributed by atoms with van der Waals surface area (Å²) in [6.45, 7) is 5.82. The Bertz CT molecular complexity index is 156. The van der Waals surface area contributed by atoms with Crippen LogP contribution in [-0.2, 0) is 4.65 Å². The molecule has 1 nitrogen and oxygen atoms in total. The first-order valence-electron chi connectivity index (χ1n) is 5.54. The molecule has 0 N–H and O–H groups in total. The van der Waals surface area contributed by atoms with Gasteiger partial charge in [0.15, 0.2) is 0 Å². The van der Waals surface area contributed by atoms with Crippen molar-refractivity contribution in [1.29, 1.82) is 0 Å². The number of hydrogen-bond acceptors (Lipinski definition) is 1. The summed E-state index contributed by atoms with van der Waals surface area (Å²) in [6, 6.07) is 0. The molecule has 2 aliphatic heterocycles. The topological polar surface area (TPSA) is 9.23 Å². The minimum Gasteiger partial charge on any atom is -0.590 e. The largest absolute Gasteiger partial charge is 1.00 e. The Morgan fingerprint density at radius 2 is 1.77 bits per heavy atom. The average Bonchev–Trinajstić information content (AvgIpc) is 2.33. The number of hydrogen-bond donors (Lipinski definition) is 0. The van der Waals surface area contributed by atoms with Crippen molar-refractivity contribution < 1.29 is 34.2 Å². The van der Waals surface area contributed by atoms with Gasteiger partial charge < -0.3 is 4.65 Å². The van der Waals surface area contributed by atoms with Gasteiger partial charge in [-0.25, -0.2) is 0 Å².